The minimum Gasteiger partial charge on any atom is -0.490 e. The highest BCUT2D eigenvalue weighted by atomic mass is 32.2. The number of nitrogens with zero attached hydrogens (tertiary/aromatic N) is 1. The summed E-state index contributed by atoms with van der Waals surface area (Å²) >= 11 is 6.22. The minimum absolute atomic E-state index is 0.0982. The molecule has 3 unspecified atom stereocenters. The first-order chi connectivity index (χ1) is 19.5. The molecule has 0 bridgehead atoms. The molecule has 1 saturated heterocycles. The summed E-state index contributed by atoms with van der Waals surface area (Å²) in [6, 6.07) is 14.7. The predicted octanol–water partition coefficient (Wildman–Crippen LogP) is 9.50. The highest BCUT2D eigenvalue weighted by Gasteiger charge is 2.43. The molecular weight excluding hydrogens is 554 g/mol. The third-order valence-corrected chi connectivity index (χ3v) is 11.4. The molecule has 2 aromatic rings. The van der Waals surface area contributed by atoms with Crippen molar-refractivity contribution < 1.29 is 19.0 Å². The molecule has 2 saturated carbocycles. The lowest BCUT2D eigenvalue weighted by molar-refractivity contribution is -0.137. The number of alkyl halides is 1. The van der Waals surface area contributed by atoms with Crippen LogP contribution in [0, 0.1) is 23.2 Å². The van der Waals surface area contributed by atoms with Crippen LogP contribution < -0.4 is 9.64 Å². The number of ether oxygens (including phenoxy) is 1. The molecule has 1 heterocycles. The van der Waals surface area contributed by atoms with Gasteiger partial charge in [0.2, 0.25) is 0 Å². The van der Waals surface area contributed by atoms with E-state index in [1.54, 1.807) is 0 Å². The first kappa shape index (κ1) is 30.6. The number of para-hydroxylation sites is 1. The van der Waals surface area contributed by atoms with E-state index in [1.165, 1.54) is 43.9 Å². The van der Waals surface area contributed by atoms with Crippen molar-refractivity contribution in [3.63, 3.8) is 0 Å². The number of rotatable bonds is 10. The number of carbonyl (C=O) groups is 1. The lowest BCUT2D eigenvalue weighted by Crippen LogP contribution is -2.40. The number of thioether (sulfide) groups is 1. The zero-order valence-electron chi connectivity index (χ0n) is 24.9. The van der Waals surface area contributed by atoms with Crippen LogP contribution in [0.5, 0.6) is 5.75 Å². The van der Waals surface area contributed by atoms with E-state index in [4.69, 9.17) is 17.4 Å². The van der Waals surface area contributed by atoms with Gasteiger partial charge in [0.25, 0.3) is 0 Å². The Hall–Kier alpha value is -1.86. The van der Waals surface area contributed by atoms with E-state index < -0.39 is 17.4 Å². The third kappa shape index (κ3) is 7.04. The van der Waals surface area contributed by atoms with Gasteiger partial charge in [-0.05, 0) is 60.6 Å². The van der Waals surface area contributed by atoms with E-state index in [9.17, 15) is 14.3 Å². The van der Waals surface area contributed by atoms with Gasteiger partial charge < -0.3 is 14.7 Å². The van der Waals surface area contributed by atoms with Crippen molar-refractivity contribution >= 4 is 41.7 Å². The lowest BCUT2D eigenvalue weighted by Gasteiger charge is -2.43. The highest BCUT2D eigenvalue weighted by Crippen LogP contribution is 2.52. The molecule has 2 aliphatic carbocycles. The number of hydrogen-bond donors (Lipinski definition) is 2. The molecule has 2 aromatic carbocycles. The van der Waals surface area contributed by atoms with Crippen LogP contribution in [0.2, 0.25) is 0 Å². The molecule has 0 spiro atoms. The fourth-order valence-electron chi connectivity index (χ4n) is 7.27. The summed E-state index contributed by atoms with van der Waals surface area (Å²) in [5.74, 6) is 1.44. The first-order valence-corrected chi connectivity index (χ1v) is 16.8. The predicted molar refractivity (Wildman–Crippen MR) is 171 cm³/mol. The van der Waals surface area contributed by atoms with Gasteiger partial charge in [-0.15, -0.1) is 24.4 Å². The summed E-state index contributed by atoms with van der Waals surface area (Å²) in [5.41, 5.74) is 3.23. The van der Waals surface area contributed by atoms with Gasteiger partial charge in [-0.1, -0.05) is 78.0 Å². The van der Waals surface area contributed by atoms with Gasteiger partial charge in [0, 0.05) is 34.0 Å². The quantitative estimate of drug-likeness (QED) is 0.266. The van der Waals surface area contributed by atoms with Crippen molar-refractivity contribution in [2.24, 2.45) is 23.2 Å². The van der Waals surface area contributed by atoms with Crippen LogP contribution in [0.1, 0.15) is 89.9 Å². The summed E-state index contributed by atoms with van der Waals surface area (Å²) in [4.78, 5) is 14.9. The second kappa shape index (κ2) is 12.8. The van der Waals surface area contributed by atoms with Crippen LogP contribution in [0.15, 0.2) is 47.4 Å². The summed E-state index contributed by atoms with van der Waals surface area (Å²) in [5, 5.41) is 8.25. The SMILES string of the molecule is CC(C)[C@@H](CN(c1ccccc1)c1cc(OC2CC(C)(C)C2)c(C2CC(F)C(C(=O)O)S2)cc1S)C1CCCCC1. The first-order valence-electron chi connectivity index (χ1n) is 15.4. The van der Waals surface area contributed by atoms with E-state index >= 15 is 0 Å². The van der Waals surface area contributed by atoms with Gasteiger partial charge in [0.15, 0.2) is 0 Å². The maximum atomic E-state index is 14.8. The fourth-order valence-corrected chi connectivity index (χ4v) is 8.97. The van der Waals surface area contributed by atoms with Gasteiger partial charge in [0.05, 0.1) is 11.8 Å². The topological polar surface area (TPSA) is 49.8 Å². The second-order valence-corrected chi connectivity index (χ2v) is 15.4. The molecule has 3 fully saturated rings. The molecule has 7 heteroatoms. The van der Waals surface area contributed by atoms with Gasteiger partial charge in [-0.25, -0.2) is 4.39 Å². The Morgan fingerprint density at radius 1 is 1.15 bits per heavy atom. The molecule has 5 rings (SSSR count). The van der Waals surface area contributed by atoms with Crippen LogP contribution in [0.4, 0.5) is 15.8 Å². The van der Waals surface area contributed by atoms with Crippen LogP contribution in [-0.2, 0) is 4.79 Å². The van der Waals surface area contributed by atoms with Crippen LogP contribution in [-0.4, -0.2) is 35.1 Å². The molecule has 4 nitrogen and oxygen atoms in total. The number of carboxylic acids is 1. The molecule has 0 aromatic heterocycles. The van der Waals surface area contributed by atoms with Gasteiger partial charge in [0.1, 0.15) is 17.2 Å². The fraction of sp³-hybridized carbons (Fsp3) is 0.618. The lowest BCUT2D eigenvalue weighted by atomic mass is 9.70. The molecule has 0 radical (unpaired) electrons. The van der Waals surface area contributed by atoms with Crippen molar-refractivity contribution in [2.45, 2.75) is 107 Å². The molecule has 224 valence electrons. The molecule has 41 heavy (non-hydrogen) atoms. The zero-order chi connectivity index (χ0) is 29.3. The van der Waals surface area contributed by atoms with E-state index in [2.05, 4.69) is 62.9 Å². The van der Waals surface area contributed by atoms with E-state index in [1.807, 2.05) is 12.1 Å². The van der Waals surface area contributed by atoms with Crippen molar-refractivity contribution in [2.75, 3.05) is 11.4 Å². The number of hydrogen-bond acceptors (Lipinski definition) is 5. The minimum atomic E-state index is -1.39. The summed E-state index contributed by atoms with van der Waals surface area (Å²) in [6.07, 6.45) is 7.35. The van der Waals surface area contributed by atoms with Crippen molar-refractivity contribution in [3.8, 4) is 5.75 Å². The monoisotopic (exact) mass is 599 g/mol. The maximum Gasteiger partial charge on any atom is 0.319 e. The zero-order valence-corrected chi connectivity index (χ0v) is 26.6. The Kier molecular flexibility index (Phi) is 9.54. The van der Waals surface area contributed by atoms with Crippen LogP contribution in [0.25, 0.3) is 0 Å². The Bertz CT molecular complexity index is 1190. The van der Waals surface area contributed by atoms with E-state index in [0.29, 0.717) is 17.8 Å². The van der Waals surface area contributed by atoms with Crippen molar-refractivity contribution in [3.05, 3.63) is 48.0 Å². The highest BCUT2D eigenvalue weighted by molar-refractivity contribution is 8.01. The van der Waals surface area contributed by atoms with Gasteiger partial charge in [-0.3, -0.25) is 4.79 Å². The largest absolute Gasteiger partial charge is 0.490 e. The Morgan fingerprint density at radius 2 is 1.83 bits per heavy atom. The maximum absolute atomic E-state index is 14.8. The van der Waals surface area contributed by atoms with Gasteiger partial charge >= 0.3 is 5.97 Å². The average Bonchev–Trinajstić information content (AvgIpc) is 3.32. The average molecular weight is 600 g/mol. The number of benzene rings is 2. The number of aliphatic carboxylic acids is 1. The second-order valence-electron chi connectivity index (χ2n) is 13.6. The van der Waals surface area contributed by atoms with Crippen LogP contribution in [0.3, 0.4) is 0 Å². The number of thiol groups is 1. The molecule has 1 N–H and O–H groups in total. The Labute approximate surface area is 255 Å². The molecule has 3 aliphatic rings. The summed E-state index contributed by atoms with van der Waals surface area (Å²) in [7, 11) is 0. The normalized spacial score (nSPS) is 25.6. The summed E-state index contributed by atoms with van der Waals surface area (Å²) < 4.78 is 21.5. The summed E-state index contributed by atoms with van der Waals surface area (Å²) in [6.45, 7) is 10.1. The molecule has 0 amide bonds. The van der Waals surface area contributed by atoms with E-state index in [0.717, 1.165) is 47.0 Å². The number of anilines is 2. The van der Waals surface area contributed by atoms with Crippen molar-refractivity contribution in [1.29, 1.82) is 0 Å². The smallest absolute Gasteiger partial charge is 0.319 e. The van der Waals surface area contributed by atoms with Crippen LogP contribution >= 0.6 is 24.4 Å². The third-order valence-electron chi connectivity index (χ3n) is 9.49. The molecular formula is C34H46FNO3S2. The molecule has 1 aliphatic heterocycles. The van der Waals surface area contributed by atoms with Gasteiger partial charge in [-0.2, -0.15) is 0 Å². The Balaban J connectivity index is 1.54. The standard InChI is InChI=1S/C34H46FNO3S2/c1-21(2)26(22-11-7-5-8-12-22)20-36(23-13-9-6-10-14-23)28-17-29(39-24-18-34(3,4)19-24)25(15-30(28)40)31-16-27(35)32(41-31)33(37)38/h6,9-10,13-15,17,21-22,24,26-27,31-32,40H,5,7-8,11-12,16,18-20H2,1-4H3,(H,37,38)/t26-,27?,31?,32?/m1/s1. The van der Waals surface area contributed by atoms with E-state index in [-0.39, 0.29) is 23.2 Å². The number of carboxylic acid groups (broad SMARTS) is 1. The van der Waals surface area contributed by atoms with Crippen molar-refractivity contribution in [1.82, 2.24) is 0 Å². The number of halogens is 1. The Morgan fingerprint density at radius 3 is 2.41 bits per heavy atom. The molecule has 4 atom stereocenters.